The number of aromatic nitrogens is 2. The van der Waals surface area contributed by atoms with Crippen LogP contribution in [0.4, 0.5) is 0 Å². The molecule has 0 unspecified atom stereocenters. The molecule has 0 saturated heterocycles. The highest BCUT2D eigenvalue weighted by Gasteiger charge is 2.06. The number of hydrogen-bond donors (Lipinski definition) is 0. The third-order valence-electron chi connectivity index (χ3n) is 3.79. The molecular weight excluding hydrogens is 268 g/mol. The first kappa shape index (κ1) is 12.7. The number of rotatable bonds is 2. The lowest BCUT2D eigenvalue weighted by atomic mass is 9.98. The molecule has 2 heteroatoms. The Hall–Kier alpha value is -3.00. The van der Waals surface area contributed by atoms with E-state index in [4.69, 9.17) is 0 Å². The standard InChI is InChI=1S/C20H14N2/c1-2-8-17-15(6-1)7-5-9-18(17)16-11-13-22-20(14-16)19-10-3-4-12-21-19/h1-14H. The highest BCUT2D eigenvalue weighted by Crippen LogP contribution is 2.30. The summed E-state index contributed by atoms with van der Waals surface area (Å²) in [4.78, 5) is 8.84. The van der Waals surface area contributed by atoms with Crippen LogP contribution in [0.5, 0.6) is 0 Å². The predicted molar refractivity (Wildman–Crippen MR) is 90.4 cm³/mol. The Bertz CT molecular complexity index is 925. The first-order valence-electron chi connectivity index (χ1n) is 7.27. The molecule has 0 bridgehead atoms. The van der Waals surface area contributed by atoms with E-state index in [1.54, 1.807) is 6.20 Å². The molecule has 0 saturated carbocycles. The van der Waals surface area contributed by atoms with E-state index in [0.717, 1.165) is 17.0 Å². The Kier molecular flexibility index (Phi) is 3.13. The van der Waals surface area contributed by atoms with Crippen LogP contribution in [0.15, 0.2) is 85.2 Å². The summed E-state index contributed by atoms with van der Waals surface area (Å²) in [5.74, 6) is 0. The molecule has 2 nitrogen and oxygen atoms in total. The fraction of sp³-hybridized carbons (Fsp3) is 0. The van der Waals surface area contributed by atoms with Crippen LogP contribution in [-0.4, -0.2) is 9.97 Å². The molecule has 2 aromatic carbocycles. The topological polar surface area (TPSA) is 25.8 Å². The van der Waals surface area contributed by atoms with Crippen LogP contribution in [0.1, 0.15) is 0 Å². The molecule has 0 aliphatic heterocycles. The molecule has 22 heavy (non-hydrogen) atoms. The molecule has 0 N–H and O–H groups in total. The van der Waals surface area contributed by atoms with Crippen molar-refractivity contribution in [1.29, 1.82) is 0 Å². The van der Waals surface area contributed by atoms with Crippen molar-refractivity contribution >= 4 is 10.8 Å². The van der Waals surface area contributed by atoms with Crippen LogP contribution in [0.2, 0.25) is 0 Å². The van der Waals surface area contributed by atoms with Crippen molar-refractivity contribution < 1.29 is 0 Å². The average molecular weight is 282 g/mol. The number of hydrogen-bond acceptors (Lipinski definition) is 2. The van der Waals surface area contributed by atoms with Crippen molar-refractivity contribution in [2.24, 2.45) is 0 Å². The zero-order chi connectivity index (χ0) is 14.8. The van der Waals surface area contributed by atoms with E-state index < -0.39 is 0 Å². The summed E-state index contributed by atoms with van der Waals surface area (Å²) in [5.41, 5.74) is 4.17. The minimum atomic E-state index is 0.893. The van der Waals surface area contributed by atoms with Crippen LogP contribution in [0.25, 0.3) is 33.3 Å². The van der Waals surface area contributed by atoms with Gasteiger partial charge in [0.1, 0.15) is 0 Å². The first-order chi connectivity index (χ1) is 10.9. The van der Waals surface area contributed by atoms with Gasteiger partial charge in [-0.1, -0.05) is 48.5 Å². The van der Waals surface area contributed by atoms with Gasteiger partial charge in [-0.15, -0.1) is 0 Å². The number of nitrogens with zero attached hydrogens (tertiary/aromatic N) is 2. The van der Waals surface area contributed by atoms with Crippen LogP contribution in [-0.2, 0) is 0 Å². The number of pyridine rings is 2. The van der Waals surface area contributed by atoms with Crippen molar-refractivity contribution in [3.8, 4) is 22.5 Å². The Morgan fingerprint density at radius 3 is 2.32 bits per heavy atom. The van der Waals surface area contributed by atoms with E-state index in [0.29, 0.717) is 0 Å². The molecule has 2 aromatic heterocycles. The second kappa shape index (κ2) is 5.41. The van der Waals surface area contributed by atoms with Crippen molar-refractivity contribution in [3.63, 3.8) is 0 Å². The van der Waals surface area contributed by atoms with E-state index in [9.17, 15) is 0 Å². The molecule has 0 radical (unpaired) electrons. The van der Waals surface area contributed by atoms with Crippen LogP contribution in [0, 0.1) is 0 Å². The number of benzene rings is 2. The maximum Gasteiger partial charge on any atom is 0.0892 e. The fourth-order valence-corrected chi connectivity index (χ4v) is 2.73. The summed E-state index contributed by atoms with van der Waals surface area (Å²) >= 11 is 0. The van der Waals surface area contributed by atoms with Gasteiger partial charge in [0.05, 0.1) is 11.4 Å². The lowest BCUT2D eigenvalue weighted by molar-refractivity contribution is 1.25. The van der Waals surface area contributed by atoms with Gasteiger partial charge in [-0.2, -0.15) is 0 Å². The quantitative estimate of drug-likeness (QED) is 0.519. The monoisotopic (exact) mass is 282 g/mol. The van der Waals surface area contributed by atoms with Crippen LogP contribution < -0.4 is 0 Å². The van der Waals surface area contributed by atoms with Crippen molar-refractivity contribution in [2.75, 3.05) is 0 Å². The highest BCUT2D eigenvalue weighted by molar-refractivity contribution is 5.96. The number of fused-ring (bicyclic) bond motifs is 1. The lowest BCUT2D eigenvalue weighted by Crippen LogP contribution is -1.88. The zero-order valence-electron chi connectivity index (χ0n) is 12.0. The van der Waals surface area contributed by atoms with Gasteiger partial charge in [0.25, 0.3) is 0 Å². The van der Waals surface area contributed by atoms with Gasteiger partial charge in [-0.25, -0.2) is 0 Å². The zero-order valence-corrected chi connectivity index (χ0v) is 12.0. The van der Waals surface area contributed by atoms with Gasteiger partial charge < -0.3 is 0 Å². The van der Waals surface area contributed by atoms with Gasteiger partial charge in [0.2, 0.25) is 0 Å². The third-order valence-corrected chi connectivity index (χ3v) is 3.79. The largest absolute Gasteiger partial charge is 0.255 e. The summed E-state index contributed by atoms with van der Waals surface area (Å²) in [7, 11) is 0. The second-order valence-corrected chi connectivity index (χ2v) is 5.17. The van der Waals surface area contributed by atoms with Gasteiger partial charge in [0, 0.05) is 12.4 Å². The Morgan fingerprint density at radius 1 is 0.591 bits per heavy atom. The first-order valence-corrected chi connectivity index (χ1v) is 7.27. The second-order valence-electron chi connectivity index (χ2n) is 5.17. The maximum absolute atomic E-state index is 4.45. The molecule has 0 aliphatic carbocycles. The summed E-state index contributed by atoms with van der Waals surface area (Å²) in [6.45, 7) is 0. The third kappa shape index (κ3) is 2.25. The fourth-order valence-electron chi connectivity index (χ4n) is 2.73. The molecule has 0 atom stereocenters. The minimum absolute atomic E-state index is 0.893. The molecule has 0 spiro atoms. The van der Waals surface area contributed by atoms with E-state index in [1.807, 2.05) is 30.5 Å². The van der Waals surface area contributed by atoms with E-state index in [-0.39, 0.29) is 0 Å². The van der Waals surface area contributed by atoms with Crippen molar-refractivity contribution in [1.82, 2.24) is 9.97 Å². The molecule has 104 valence electrons. The SMILES string of the molecule is c1ccc(-c2cc(-c3cccc4ccccc34)ccn2)nc1. The summed E-state index contributed by atoms with van der Waals surface area (Å²) < 4.78 is 0. The minimum Gasteiger partial charge on any atom is -0.255 e. The highest BCUT2D eigenvalue weighted by atomic mass is 14.8. The summed E-state index contributed by atoms with van der Waals surface area (Å²) in [6.07, 6.45) is 3.64. The predicted octanol–water partition coefficient (Wildman–Crippen LogP) is 4.96. The smallest absolute Gasteiger partial charge is 0.0892 e. The van der Waals surface area contributed by atoms with Gasteiger partial charge >= 0.3 is 0 Å². The van der Waals surface area contributed by atoms with Gasteiger partial charge in [0.15, 0.2) is 0 Å². The molecule has 0 fully saturated rings. The van der Waals surface area contributed by atoms with Gasteiger partial charge in [-0.05, 0) is 46.2 Å². The normalized spacial score (nSPS) is 10.7. The summed E-state index contributed by atoms with van der Waals surface area (Å²) in [6, 6.07) is 24.9. The maximum atomic E-state index is 4.45. The van der Waals surface area contributed by atoms with Crippen molar-refractivity contribution in [2.45, 2.75) is 0 Å². The van der Waals surface area contributed by atoms with E-state index >= 15 is 0 Å². The van der Waals surface area contributed by atoms with Crippen molar-refractivity contribution in [3.05, 3.63) is 85.2 Å². The lowest BCUT2D eigenvalue weighted by Gasteiger charge is -2.08. The molecule has 4 rings (SSSR count). The molecule has 0 aliphatic rings. The van der Waals surface area contributed by atoms with Gasteiger partial charge in [-0.3, -0.25) is 9.97 Å². The van der Waals surface area contributed by atoms with Crippen LogP contribution in [0.3, 0.4) is 0 Å². The molecular formula is C20H14N2. The Balaban J connectivity index is 1.89. The Labute approximate surface area is 129 Å². The van der Waals surface area contributed by atoms with Crippen LogP contribution >= 0.6 is 0 Å². The van der Waals surface area contributed by atoms with E-state index in [1.165, 1.54) is 16.3 Å². The molecule has 2 heterocycles. The summed E-state index contributed by atoms with van der Waals surface area (Å²) in [5, 5.41) is 2.50. The Morgan fingerprint density at radius 2 is 1.41 bits per heavy atom. The van der Waals surface area contributed by atoms with E-state index in [2.05, 4.69) is 58.5 Å². The molecule has 0 amide bonds. The average Bonchev–Trinajstić information content (AvgIpc) is 2.62. The molecule has 4 aromatic rings.